The van der Waals surface area contributed by atoms with Crippen LogP contribution in [0.25, 0.3) is 0 Å². The van der Waals surface area contributed by atoms with Crippen LogP contribution >= 0.6 is 0 Å². The highest BCUT2D eigenvalue weighted by molar-refractivity contribution is 5.44. The molecule has 0 radical (unpaired) electrons. The van der Waals surface area contributed by atoms with Crippen molar-refractivity contribution < 1.29 is 22.6 Å². The number of ether oxygens (including phenoxy) is 2. The minimum absolute atomic E-state index is 0.160. The van der Waals surface area contributed by atoms with Crippen molar-refractivity contribution in [2.75, 3.05) is 33.3 Å². The number of halogens is 3. The smallest absolute Gasteiger partial charge is 0.408 e. The molecule has 1 heterocycles. The molecule has 0 aliphatic carbocycles. The van der Waals surface area contributed by atoms with Gasteiger partial charge in [0.05, 0.1) is 7.11 Å². The summed E-state index contributed by atoms with van der Waals surface area (Å²) in [4.78, 5) is 1.45. The summed E-state index contributed by atoms with van der Waals surface area (Å²) in [7, 11) is 1.43. The van der Waals surface area contributed by atoms with Crippen LogP contribution in [0.1, 0.15) is 17.2 Å². The molecule has 0 spiro atoms. The zero-order valence-corrected chi connectivity index (χ0v) is 15.1. The normalized spacial score (nSPS) is 16.7. The number of alkyl halides is 3. The molecule has 2 aromatic rings. The number of hydrogen-bond acceptors (Lipinski definition) is 4. The maximum Gasteiger partial charge on any atom is 0.408 e. The molecule has 7 heteroatoms. The molecule has 4 nitrogen and oxygen atoms in total. The molecule has 0 aromatic heterocycles. The van der Waals surface area contributed by atoms with Gasteiger partial charge < -0.3 is 14.8 Å². The molecular weight excluding hydrogens is 357 g/mol. The first kappa shape index (κ1) is 19.5. The van der Waals surface area contributed by atoms with Gasteiger partial charge in [-0.3, -0.25) is 4.90 Å². The van der Waals surface area contributed by atoms with E-state index in [1.54, 1.807) is 6.07 Å². The lowest BCUT2D eigenvalue weighted by molar-refractivity contribution is -0.187. The molecule has 1 saturated heterocycles. The average molecular weight is 380 g/mol. The maximum atomic E-state index is 13.8. The predicted molar refractivity (Wildman–Crippen MR) is 97.0 cm³/mol. The van der Waals surface area contributed by atoms with Crippen LogP contribution in [0.15, 0.2) is 48.5 Å². The molecule has 0 bridgehead atoms. The van der Waals surface area contributed by atoms with Crippen LogP contribution in [0.4, 0.5) is 13.2 Å². The number of piperazine rings is 1. The standard InChI is InChI=1S/C20H23F3N2O2/c1-26-18-13-16(19(20(21,22)23)25-11-9-24-10-12-25)7-8-17(18)27-14-15-5-3-2-4-6-15/h2-8,13,19,24H,9-12,14H2,1H3/t19-/m0/s1. The first-order valence-corrected chi connectivity index (χ1v) is 8.85. The monoisotopic (exact) mass is 380 g/mol. The van der Waals surface area contributed by atoms with Gasteiger partial charge in [0.1, 0.15) is 12.6 Å². The van der Waals surface area contributed by atoms with E-state index in [1.165, 1.54) is 24.1 Å². The molecule has 27 heavy (non-hydrogen) atoms. The van der Waals surface area contributed by atoms with Gasteiger partial charge in [0.25, 0.3) is 0 Å². The summed E-state index contributed by atoms with van der Waals surface area (Å²) in [6.45, 7) is 2.10. The fraction of sp³-hybridized carbons (Fsp3) is 0.400. The molecule has 146 valence electrons. The van der Waals surface area contributed by atoms with E-state index in [9.17, 15) is 13.2 Å². The molecule has 0 unspecified atom stereocenters. The van der Waals surface area contributed by atoms with Crippen LogP contribution in [0.5, 0.6) is 11.5 Å². The van der Waals surface area contributed by atoms with Crippen LogP contribution in [-0.4, -0.2) is 44.4 Å². The summed E-state index contributed by atoms with van der Waals surface area (Å²) in [5.41, 5.74) is 1.13. The lowest BCUT2D eigenvalue weighted by Gasteiger charge is -2.36. The molecule has 2 aromatic carbocycles. The Hall–Kier alpha value is -2.25. The van der Waals surface area contributed by atoms with Gasteiger partial charge in [-0.1, -0.05) is 36.4 Å². The van der Waals surface area contributed by atoms with Gasteiger partial charge in [-0.15, -0.1) is 0 Å². The molecule has 1 atom stereocenters. The molecule has 3 rings (SSSR count). The summed E-state index contributed by atoms with van der Waals surface area (Å²) < 4.78 is 52.3. The minimum atomic E-state index is -4.37. The lowest BCUT2D eigenvalue weighted by atomic mass is 10.0. The Morgan fingerprint density at radius 2 is 1.74 bits per heavy atom. The number of hydrogen-bond donors (Lipinski definition) is 1. The van der Waals surface area contributed by atoms with Crippen LogP contribution in [-0.2, 0) is 6.61 Å². The van der Waals surface area contributed by atoms with Crippen molar-refractivity contribution in [3.8, 4) is 11.5 Å². The van der Waals surface area contributed by atoms with Crippen molar-refractivity contribution in [2.45, 2.75) is 18.8 Å². The van der Waals surface area contributed by atoms with E-state index < -0.39 is 12.2 Å². The highest BCUT2D eigenvalue weighted by Crippen LogP contribution is 2.41. The second-order valence-corrected chi connectivity index (χ2v) is 6.41. The van der Waals surface area contributed by atoms with Gasteiger partial charge in [0, 0.05) is 26.2 Å². The van der Waals surface area contributed by atoms with Gasteiger partial charge in [0.15, 0.2) is 11.5 Å². The average Bonchev–Trinajstić information content (AvgIpc) is 2.67. The summed E-state index contributed by atoms with van der Waals surface area (Å²) in [5.74, 6) is 0.721. The SMILES string of the molecule is COc1cc([C@H](N2CCNCC2)C(F)(F)F)ccc1OCc1ccccc1. The molecular formula is C20H23F3N2O2. The third kappa shape index (κ3) is 4.93. The molecule has 0 saturated carbocycles. The fourth-order valence-corrected chi connectivity index (χ4v) is 3.26. The van der Waals surface area contributed by atoms with E-state index in [0.29, 0.717) is 44.3 Å². The number of nitrogens with one attached hydrogen (secondary N) is 1. The Balaban J connectivity index is 1.82. The summed E-state index contributed by atoms with van der Waals surface area (Å²) in [6.07, 6.45) is -4.37. The summed E-state index contributed by atoms with van der Waals surface area (Å²) in [6, 6.07) is 12.4. The van der Waals surface area contributed by atoms with Crippen LogP contribution < -0.4 is 14.8 Å². The van der Waals surface area contributed by atoms with Gasteiger partial charge in [-0.2, -0.15) is 13.2 Å². The molecule has 1 aliphatic rings. The van der Waals surface area contributed by atoms with Gasteiger partial charge in [-0.25, -0.2) is 0 Å². The van der Waals surface area contributed by atoms with Crippen molar-refractivity contribution >= 4 is 0 Å². The van der Waals surface area contributed by atoms with E-state index in [-0.39, 0.29) is 5.56 Å². The summed E-state index contributed by atoms with van der Waals surface area (Å²) >= 11 is 0. The Morgan fingerprint density at radius 1 is 1.04 bits per heavy atom. The topological polar surface area (TPSA) is 33.7 Å². The first-order chi connectivity index (χ1) is 13.0. The molecule has 1 N–H and O–H groups in total. The van der Waals surface area contributed by atoms with Gasteiger partial charge >= 0.3 is 6.18 Å². The van der Waals surface area contributed by atoms with E-state index in [4.69, 9.17) is 9.47 Å². The molecule has 1 aliphatic heterocycles. The number of nitrogens with zero attached hydrogens (tertiary/aromatic N) is 1. The molecule has 0 amide bonds. The van der Waals surface area contributed by atoms with Crippen molar-refractivity contribution in [3.63, 3.8) is 0 Å². The van der Waals surface area contributed by atoms with Gasteiger partial charge in [0.2, 0.25) is 0 Å². The number of benzene rings is 2. The Labute approximate surface area is 156 Å². The van der Waals surface area contributed by atoms with Crippen molar-refractivity contribution in [1.29, 1.82) is 0 Å². The zero-order chi connectivity index (χ0) is 19.3. The third-order valence-electron chi connectivity index (χ3n) is 4.57. The van der Waals surface area contributed by atoms with Crippen LogP contribution in [0.3, 0.4) is 0 Å². The Morgan fingerprint density at radius 3 is 2.37 bits per heavy atom. The quantitative estimate of drug-likeness (QED) is 0.827. The van der Waals surface area contributed by atoms with E-state index >= 15 is 0 Å². The van der Waals surface area contributed by atoms with Crippen molar-refractivity contribution in [3.05, 3.63) is 59.7 Å². The summed E-state index contributed by atoms with van der Waals surface area (Å²) in [5, 5.41) is 3.08. The number of methoxy groups -OCH3 is 1. The predicted octanol–water partition coefficient (Wildman–Crippen LogP) is 3.78. The van der Waals surface area contributed by atoms with Crippen molar-refractivity contribution in [2.24, 2.45) is 0 Å². The fourth-order valence-electron chi connectivity index (χ4n) is 3.26. The highest BCUT2D eigenvalue weighted by atomic mass is 19.4. The first-order valence-electron chi connectivity index (χ1n) is 8.85. The zero-order valence-electron chi connectivity index (χ0n) is 15.1. The number of rotatable bonds is 6. The van der Waals surface area contributed by atoms with Crippen LogP contribution in [0.2, 0.25) is 0 Å². The second-order valence-electron chi connectivity index (χ2n) is 6.41. The van der Waals surface area contributed by atoms with E-state index in [0.717, 1.165) is 5.56 Å². The second kappa shape index (κ2) is 8.63. The van der Waals surface area contributed by atoms with Crippen molar-refractivity contribution in [1.82, 2.24) is 10.2 Å². The maximum absolute atomic E-state index is 13.8. The van der Waals surface area contributed by atoms with E-state index in [2.05, 4.69) is 5.32 Å². The Kier molecular flexibility index (Phi) is 6.23. The lowest BCUT2D eigenvalue weighted by Crippen LogP contribution is -2.49. The minimum Gasteiger partial charge on any atom is -0.493 e. The molecule has 1 fully saturated rings. The largest absolute Gasteiger partial charge is 0.493 e. The van der Waals surface area contributed by atoms with E-state index in [1.807, 2.05) is 30.3 Å². The Bertz CT molecular complexity index is 732. The highest BCUT2D eigenvalue weighted by Gasteiger charge is 2.45. The van der Waals surface area contributed by atoms with Gasteiger partial charge in [-0.05, 0) is 23.3 Å². The van der Waals surface area contributed by atoms with Crippen LogP contribution in [0, 0.1) is 0 Å². The third-order valence-corrected chi connectivity index (χ3v) is 4.57.